The number of hydrogen-bond acceptors (Lipinski definition) is 2. The Bertz CT molecular complexity index is 414. The molecule has 1 aromatic rings. The van der Waals surface area contributed by atoms with Crippen LogP contribution in [0.25, 0.3) is 0 Å². The Morgan fingerprint density at radius 2 is 1.62 bits per heavy atom. The van der Waals surface area contributed by atoms with Gasteiger partial charge in [-0.1, -0.05) is 37.5 Å². The van der Waals surface area contributed by atoms with Gasteiger partial charge in [-0.25, -0.2) is 0 Å². The van der Waals surface area contributed by atoms with Crippen LogP contribution >= 0.6 is 0 Å². The summed E-state index contributed by atoms with van der Waals surface area (Å²) in [7, 11) is 0. The molecular formula is C19H34N2. The molecule has 2 nitrogen and oxygen atoms in total. The third kappa shape index (κ3) is 5.44. The predicted molar refractivity (Wildman–Crippen MR) is 93.8 cm³/mol. The Kier molecular flexibility index (Phi) is 7.41. The summed E-state index contributed by atoms with van der Waals surface area (Å²) in [6, 6.07) is 5.16. The molecule has 0 saturated carbocycles. The lowest BCUT2D eigenvalue weighted by Gasteiger charge is -2.30. The van der Waals surface area contributed by atoms with E-state index >= 15 is 0 Å². The second kappa shape index (κ2) is 8.55. The summed E-state index contributed by atoms with van der Waals surface area (Å²) in [4.78, 5) is 2.53. The van der Waals surface area contributed by atoms with Crippen LogP contribution in [0, 0.1) is 20.8 Å². The van der Waals surface area contributed by atoms with Gasteiger partial charge >= 0.3 is 0 Å². The van der Waals surface area contributed by atoms with Crippen molar-refractivity contribution in [3.8, 4) is 0 Å². The molecule has 1 atom stereocenters. The first-order chi connectivity index (χ1) is 9.86. The minimum atomic E-state index is 0.106. The third-order valence-electron chi connectivity index (χ3n) is 4.32. The van der Waals surface area contributed by atoms with Crippen LogP contribution in [0.4, 0.5) is 0 Å². The number of rotatable bonds is 8. The maximum absolute atomic E-state index is 6.55. The second-order valence-electron chi connectivity index (χ2n) is 6.71. The smallest absolute Gasteiger partial charge is 0.0429 e. The fourth-order valence-electron chi connectivity index (χ4n) is 3.25. The highest BCUT2D eigenvalue weighted by Gasteiger charge is 2.18. The number of unbranched alkanes of at least 4 members (excludes halogenated alkanes) is 2. The van der Waals surface area contributed by atoms with Gasteiger partial charge in [-0.2, -0.15) is 0 Å². The van der Waals surface area contributed by atoms with Gasteiger partial charge in [-0.05, 0) is 64.3 Å². The molecule has 0 aromatic heterocycles. The molecule has 0 fully saturated rings. The van der Waals surface area contributed by atoms with E-state index in [0.29, 0.717) is 6.04 Å². The van der Waals surface area contributed by atoms with Crippen LogP contribution in [0.2, 0.25) is 0 Å². The summed E-state index contributed by atoms with van der Waals surface area (Å²) in [5, 5.41) is 0. The van der Waals surface area contributed by atoms with Crippen LogP contribution in [0.3, 0.4) is 0 Å². The fraction of sp³-hybridized carbons (Fsp3) is 0.684. The molecule has 0 aliphatic rings. The second-order valence-corrected chi connectivity index (χ2v) is 6.71. The van der Waals surface area contributed by atoms with Gasteiger partial charge in [-0.15, -0.1) is 0 Å². The van der Waals surface area contributed by atoms with Crippen molar-refractivity contribution in [1.82, 2.24) is 4.90 Å². The molecule has 2 heteroatoms. The van der Waals surface area contributed by atoms with Gasteiger partial charge in [0.1, 0.15) is 0 Å². The minimum absolute atomic E-state index is 0.106. The largest absolute Gasteiger partial charge is 0.323 e. The molecule has 0 aliphatic heterocycles. The zero-order chi connectivity index (χ0) is 16.0. The van der Waals surface area contributed by atoms with Crippen molar-refractivity contribution in [1.29, 1.82) is 0 Å². The van der Waals surface area contributed by atoms with Gasteiger partial charge in [0.15, 0.2) is 0 Å². The number of nitrogens with two attached hydrogens (primary N) is 1. The summed E-state index contributed by atoms with van der Waals surface area (Å²) in [6.45, 7) is 15.4. The van der Waals surface area contributed by atoms with Crippen molar-refractivity contribution in [3.05, 3.63) is 34.4 Å². The molecule has 0 aliphatic carbocycles. The van der Waals surface area contributed by atoms with E-state index in [9.17, 15) is 0 Å². The van der Waals surface area contributed by atoms with E-state index in [1.807, 2.05) is 0 Å². The van der Waals surface area contributed by atoms with E-state index in [1.165, 1.54) is 41.5 Å². The Balaban J connectivity index is 2.79. The highest BCUT2D eigenvalue weighted by molar-refractivity contribution is 5.39. The number of benzene rings is 1. The van der Waals surface area contributed by atoms with E-state index in [0.717, 1.165) is 13.1 Å². The van der Waals surface area contributed by atoms with Gasteiger partial charge in [0.25, 0.3) is 0 Å². The summed E-state index contributed by atoms with van der Waals surface area (Å²) in [6.07, 6.45) is 3.85. The molecule has 2 N–H and O–H groups in total. The zero-order valence-electron chi connectivity index (χ0n) is 14.9. The number of aryl methyl sites for hydroxylation is 3. The van der Waals surface area contributed by atoms with E-state index in [2.05, 4.69) is 58.6 Å². The standard InChI is InChI=1S/C19H34N2/c1-7-8-9-10-21(14(2)3)13-18(20)19-16(5)11-15(4)12-17(19)6/h11-12,14,18H,7-10,13,20H2,1-6H3. The van der Waals surface area contributed by atoms with Crippen molar-refractivity contribution < 1.29 is 0 Å². The monoisotopic (exact) mass is 290 g/mol. The first-order valence-electron chi connectivity index (χ1n) is 8.44. The molecule has 120 valence electrons. The van der Waals surface area contributed by atoms with Crippen LogP contribution in [0.15, 0.2) is 12.1 Å². The number of hydrogen-bond donors (Lipinski definition) is 1. The average molecular weight is 290 g/mol. The lowest BCUT2D eigenvalue weighted by Crippen LogP contribution is -2.38. The van der Waals surface area contributed by atoms with E-state index in [4.69, 9.17) is 5.73 Å². The third-order valence-corrected chi connectivity index (χ3v) is 4.32. The molecule has 21 heavy (non-hydrogen) atoms. The Labute approximate surface area is 131 Å². The van der Waals surface area contributed by atoms with Crippen molar-refractivity contribution >= 4 is 0 Å². The Morgan fingerprint density at radius 1 is 1.05 bits per heavy atom. The molecule has 1 unspecified atom stereocenters. The van der Waals surface area contributed by atoms with Crippen LogP contribution in [0.1, 0.15) is 68.3 Å². The van der Waals surface area contributed by atoms with Gasteiger partial charge < -0.3 is 5.73 Å². The molecule has 0 radical (unpaired) electrons. The maximum Gasteiger partial charge on any atom is 0.0429 e. The van der Waals surface area contributed by atoms with Crippen LogP contribution < -0.4 is 5.73 Å². The van der Waals surface area contributed by atoms with Crippen molar-refractivity contribution in [2.45, 2.75) is 72.9 Å². The highest BCUT2D eigenvalue weighted by atomic mass is 15.2. The quantitative estimate of drug-likeness (QED) is 0.714. The van der Waals surface area contributed by atoms with E-state index in [1.54, 1.807) is 0 Å². The predicted octanol–water partition coefficient (Wildman–Crippen LogP) is 4.51. The molecule has 0 bridgehead atoms. The van der Waals surface area contributed by atoms with Gasteiger partial charge in [-0.3, -0.25) is 4.90 Å². The zero-order valence-corrected chi connectivity index (χ0v) is 14.9. The van der Waals surface area contributed by atoms with Crippen molar-refractivity contribution in [2.24, 2.45) is 5.73 Å². The molecule has 1 rings (SSSR count). The maximum atomic E-state index is 6.55. The van der Waals surface area contributed by atoms with Crippen LogP contribution in [-0.4, -0.2) is 24.0 Å². The summed E-state index contributed by atoms with van der Waals surface area (Å²) < 4.78 is 0. The highest BCUT2D eigenvalue weighted by Crippen LogP contribution is 2.23. The molecule has 1 aromatic carbocycles. The first kappa shape index (κ1) is 18.2. The number of nitrogens with zero attached hydrogens (tertiary/aromatic N) is 1. The lowest BCUT2D eigenvalue weighted by atomic mass is 9.94. The average Bonchev–Trinajstić information content (AvgIpc) is 2.36. The SMILES string of the molecule is CCCCCN(CC(N)c1c(C)cc(C)cc1C)C(C)C. The molecule has 0 amide bonds. The van der Waals surface area contributed by atoms with Crippen LogP contribution in [0.5, 0.6) is 0 Å². The summed E-state index contributed by atoms with van der Waals surface area (Å²) in [5.41, 5.74) is 11.9. The fourth-order valence-corrected chi connectivity index (χ4v) is 3.25. The minimum Gasteiger partial charge on any atom is -0.323 e. The van der Waals surface area contributed by atoms with Crippen molar-refractivity contribution in [3.63, 3.8) is 0 Å². The van der Waals surface area contributed by atoms with Gasteiger partial charge in [0.2, 0.25) is 0 Å². The van der Waals surface area contributed by atoms with E-state index < -0.39 is 0 Å². The normalized spacial score (nSPS) is 13.2. The van der Waals surface area contributed by atoms with Crippen molar-refractivity contribution in [2.75, 3.05) is 13.1 Å². The topological polar surface area (TPSA) is 29.3 Å². The van der Waals surface area contributed by atoms with E-state index in [-0.39, 0.29) is 6.04 Å². The summed E-state index contributed by atoms with van der Waals surface area (Å²) in [5.74, 6) is 0. The Morgan fingerprint density at radius 3 is 2.10 bits per heavy atom. The Hall–Kier alpha value is -0.860. The molecule has 0 spiro atoms. The lowest BCUT2D eigenvalue weighted by molar-refractivity contribution is 0.204. The van der Waals surface area contributed by atoms with Gasteiger partial charge in [0.05, 0.1) is 0 Å². The molecule has 0 saturated heterocycles. The van der Waals surface area contributed by atoms with Crippen LogP contribution in [-0.2, 0) is 0 Å². The first-order valence-corrected chi connectivity index (χ1v) is 8.44. The molecular weight excluding hydrogens is 256 g/mol. The summed E-state index contributed by atoms with van der Waals surface area (Å²) >= 11 is 0. The molecule has 0 heterocycles. The van der Waals surface area contributed by atoms with Gasteiger partial charge in [0, 0.05) is 18.6 Å².